The van der Waals surface area contributed by atoms with E-state index in [0.29, 0.717) is 12.4 Å². The lowest BCUT2D eigenvalue weighted by molar-refractivity contribution is 0.597. The summed E-state index contributed by atoms with van der Waals surface area (Å²) in [5.74, 6) is 0.309. The first-order chi connectivity index (χ1) is 10.4. The molecule has 1 aromatic carbocycles. The second kappa shape index (κ2) is 5.64. The molecule has 1 aliphatic carbocycles. The molecule has 3 N–H and O–H groups in total. The number of aromatic nitrogens is 1. The maximum Gasteiger partial charge on any atom is 0.241 e. The molecule has 1 aromatic heterocycles. The first-order valence-corrected chi connectivity index (χ1v) is 9.23. The Bertz CT molecular complexity index is 804. The minimum atomic E-state index is -3.79. The van der Waals surface area contributed by atoms with Crippen molar-refractivity contribution in [1.29, 1.82) is 0 Å². The Morgan fingerprint density at radius 3 is 2.59 bits per heavy atom. The van der Waals surface area contributed by atoms with Crippen molar-refractivity contribution in [1.82, 2.24) is 4.98 Å². The molecule has 116 valence electrons. The quantitative estimate of drug-likeness (QED) is 0.833. The molecule has 1 saturated carbocycles. The van der Waals surface area contributed by atoms with Gasteiger partial charge in [-0.25, -0.2) is 18.5 Å². The predicted molar refractivity (Wildman–Crippen MR) is 89.2 cm³/mol. The van der Waals surface area contributed by atoms with Crippen LogP contribution in [0, 0.1) is 0 Å². The summed E-state index contributed by atoms with van der Waals surface area (Å²) in [6.07, 6.45) is 3.66. The number of benzene rings is 1. The fourth-order valence-corrected chi connectivity index (χ4v) is 3.96. The zero-order chi connectivity index (χ0) is 15.8. The molecule has 0 unspecified atom stereocenters. The maximum atomic E-state index is 11.6. The molecule has 0 atom stereocenters. The first-order valence-electron chi connectivity index (χ1n) is 6.89. The number of anilines is 1. The number of primary sulfonamides is 1. The lowest BCUT2D eigenvalue weighted by atomic mass is 9.96. The average Bonchev–Trinajstić information content (AvgIpc) is 3.26. The van der Waals surface area contributed by atoms with E-state index in [0.717, 1.165) is 17.3 Å². The topological polar surface area (TPSA) is 85.1 Å². The van der Waals surface area contributed by atoms with Crippen LogP contribution < -0.4 is 10.5 Å². The van der Waals surface area contributed by atoms with Gasteiger partial charge >= 0.3 is 0 Å². The molecular formula is C15H16BrN3O2S. The molecule has 3 rings (SSSR count). The van der Waals surface area contributed by atoms with Crippen LogP contribution in [0.5, 0.6) is 0 Å². The maximum absolute atomic E-state index is 11.6. The molecule has 0 aliphatic heterocycles. The van der Waals surface area contributed by atoms with Gasteiger partial charge in [0.25, 0.3) is 0 Å². The van der Waals surface area contributed by atoms with Gasteiger partial charge in [0.05, 0.1) is 0 Å². The van der Waals surface area contributed by atoms with Gasteiger partial charge in [-0.3, -0.25) is 0 Å². The van der Waals surface area contributed by atoms with Gasteiger partial charge in [-0.1, -0.05) is 34.1 Å². The molecular weight excluding hydrogens is 366 g/mol. The molecule has 0 spiro atoms. The summed E-state index contributed by atoms with van der Waals surface area (Å²) in [5.41, 5.74) is 1.25. The molecule has 0 amide bonds. The van der Waals surface area contributed by atoms with Crippen molar-refractivity contribution in [3.05, 3.63) is 52.6 Å². The average molecular weight is 382 g/mol. The van der Waals surface area contributed by atoms with E-state index in [9.17, 15) is 8.42 Å². The lowest BCUT2D eigenvalue weighted by Crippen LogP contribution is -2.23. The van der Waals surface area contributed by atoms with Crippen molar-refractivity contribution in [3.8, 4) is 0 Å². The lowest BCUT2D eigenvalue weighted by Gasteiger charge is -2.19. The molecule has 0 saturated heterocycles. The number of sulfonamides is 1. The third kappa shape index (κ3) is 3.02. The molecule has 1 heterocycles. The van der Waals surface area contributed by atoms with E-state index in [1.165, 1.54) is 11.6 Å². The minimum absolute atomic E-state index is 0.0211. The number of rotatable bonds is 5. The van der Waals surface area contributed by atoms with Crippen LogP contribution in [0.4, 0.5) is 5.82 Å². The van der Waals surface area contributed by atoms with Crippen molar-refractivity contribution < 1.29 is 8.42 Å². The highest BCUT2D eigenvalue weighted by atomic mass is 79.9. The van der Waals surface area contributed by atoms with Gasteiger partial charge in [0.2, 0.25) is 10.0 Å². The second-order valence-corrected chi connectivity index (χ2v) is 7.89. The molecule has 0 radical (unpaired) electrons. The van der Waals surface area contributed by atoms with Gasteiger partial charge in [-0.05, 0) is 36.6 Å². The van der Waals surface area contributed by atoms with Crippen molar-refractivity contribution in [2.75, 3.05) is 11.9 Å². The van der Waals surface area contributed by atoms with Gasteiger partial charge in [0, 0.05) is 22.6 Å². The van der Waals surface area contributed by atoms with E-state index in [2.05, 4.69) is 32.3 Å². The summed E-state index contributed by atoms with van der Waals surface area (Å²) in [6.45, 7) is 0.620. The van der Waals surface area contributed by atoms with E-state index in [1.54, 1.807) is 12.3 Å². The zero-order valence-corrected chi connectivity index (χ0v) is 14.2. The first kappa shape index (κ1) is 15.5. The van der Waals surface area contributed by atoms with Crippen molar-refractivity contribution in [2.24, 2.45) is 5.14 Å². The number of hydrogen-bond acceptors (Lipinski definition) is 4. The van der Waals surface area contributed by atoms with Crippen molar-refractivity contribution in [2.45, 2.75) is 23.2 Å². The molecule has 1 fully saturated rings. The minimum Gasteiger partial charge on any atom is -0.368 e. The van der Waals surface area contributed by atoms with Crippen LogP contribution in [0.25, 0.3) is 0 Å². The predicted octanol–water partition coefficient (Wildman–Crippen LogP) is 2.64. The highest BCUT2D eigenvalue weighted by molar-refractivity contribution is 9.10. The monoisotopic (exact) mass is 381 g/mol. The number of nitrogens with zero attached hydrogens (tertiary/aromatic N) is 1. The Labute approximate surface area is 138 Å². The summed E-state index contributed by atoms with van der Waals surface area (Å²) in [7, 11) is -3.79. The van der Waals surface area contributed by atoms with Gasteiger partial charge in [-0.2, -0.15) is 0 Å². The van der Waals surface area contributed by atoms with Gasteiger partial charge < -0.3 is 5.32 Å². The summed E-state index contributed by atoms with van der Waals surface area (Å²) >= 11 is 3.59. The van der Waals surface area contributed by atoms with E-state index in [-0.39, 0.29) is 10.3 Å². The SMILES string of the molecule is NS(=O)(=O)c1cccnc1NCC1(c2ccccc2Br)CC1. The van der Waals surface area contributed by atoms with Crippen LogP contribution in [0.15, 0.2) is 52.0 Å². The van der Waals surface area contributed by atoms with E-state index >= 15 is 0 Å². The van der Waals surface area contributed by atoms with Gasteiger partial charge in [0.15, 0.2) is 0 Å². The van der Waals surface area contributed by atoms with Gasteiger partial charge in [0.1, 0.15) is 10.7 Å². The Morgan fingerprint density at radius 1 is 1.23 bits per heavy atom. The number of nitrogens with one attached hydrogen (secondary N) is 1. The number of nitrogens with two attached hydrogens (primary N) is 1. The normalized spacial score (nSPS) is 16.3. The van der Waals surface area contributed by atoms with Crippen LogP contribution >= 0.6 is 15.9 Å². The largest absolute Gasteiger partial charge is 0.368 e. The second-order valence-electron chi connectivity index (χ2n) is 5.51. The fourth-order valence-electron chi connectivity index (χ4n) is 2.59. The Morgan fingerprint density at radius 2 is 1.95 bits per heavy atom. The third-order valence-corrected chi connectivity index (χ3v) is 5.60. The highest BCUT2D eigenvalue weighted by Gasteiger charge is 2.45. The van der Waals surface area contributed by atoms with Crippen molar-refractivity contribution in [3.63, 3.8) is 0 Å². The summed E-state index contributed by atoms with van der Waals surface area (Å²) < 4.78 is 24.3. The Hall–Kier alpha value is -1.44. The summed E-state index contributed by atoms with van der Waals surface area (Å²) in [6, 6.07) is 11.1. The molecule has 22 heavy (non-hydrogen) atoms. The summed E-state index contributed by atoms with van der Waals surface area (Å²) in [4.78, 5) is 4.14. The number of halogens is 1. The molecule has 0 bridgehead atoms. The Balaban J connectivity index is 1.84. The van der Waals surface area contributed by atoms with Gasteiger partial charge in [-0.15, -0.1) is 0 Å². The molecule has 7 heteroatoms. The molecule has 2 aromatic rings. The van der Waals surface area contributed by atoms with Crippen LogP contribution in [0.1, 0.15) is 18.4 Å². The third-order valence-electron chi connectivity index (χ3n) is 3.97. The Kier molecular flexibility index (Phi) is 3.96. The summed E-state index contributed by atoms with van der Waals surface area (Å²) in [5, 5.41) is 8.39. The van der Waals surface area contributed by atoms with E-state index in [4.69, 9.17) is 5.14 Å². The van der Waals surface area contributed by atoms with Crippen LogP contribution in [0.2, 0.25) is 0 Å². The van der Waals surface area contributed by atoms with Crippen molar-refractivity contribution >= 4 is 31.8 Å². The fraction of sp³-hybridized carbons (Fsp3) is 0.267. The molecule has 5 nitrogen and oxygen atoms in total. The smallest absolute Gasteiger partial charge is 0.241 e. The van der Waals surface area contributed by atoms with Crippen LogP contribution in [0.3, 0.4) is 0 Å². The molecule has 1 aliphatic rings. The highest BCUT2D eigenvalue weighted by Crippen LogP contribution is 2.50. The van der Waals surface area contributed by atoms with Crippen LogP contribution in [-0.4, -0.2) is 19.9 Å². The van der Waals surface area contributed by atoms with E-state index < -0.39 is 10.0 Å². The van der Waals surface area contributed by atoms with E-state index in [1.807, 2.05) is 18.2 Å². The zero-order valence-electron chi connectivity index (χ0n) is 11.8. The number of pyridine rings is 1. The van der Waals surface area contributed by atoms with Crippen LogP contribution in [-0.2, 0) is 15.4 Å². The standard InChI is InChI=1S/C15H16BrN3O2S/c16-12-5-2-1-4-11(12)15(7-8-15)10-19-14-13(22(17,20)21)6-3-9-18-14/h1-6,9H,7-8,10H2,(H,18,19)(H2,17,20,21). The number of hydrogen-bond donors (Lipinski definition) is 2.